The smallest absolute Gasteiger partial charge is 0.0798 e. The minimum atomic E-state index is 0.281. The van der Waals surface area contributed by atoms with Crippen molar-refractivity contribution < 1.29 is 4.74 Å². The van der Waals surface area contributed by atoms with E-state index in [4.69, 9.17) is 10.5 Å². The van der Waals surface area contributed by atoms with Crippen LogP contribution in [-0.2, 0) is 11.3 Å². The highest BCUT2D eigenvalue weighted by Crippen LogP contribution is 2.25. The summed E-state index contributed by atoms with van der Waals surface area (Å²) in [5.74, 6) is 0. The summed E-state index contributed by atoms with van der Waals surface area (Å²) in [6.07, 6.45) is 2.93. The van der Waals surface area contributed by atoms with Crippen LogP contribution in [0.3, 0.4) is 0 Å². The fraction of sp³-hybridized carbons (Fsp3) is 0.769. The first-order valence-electron chi connectivity index (χ1n) is 6.56. The molecule has 2 heterocycles. The van der Waals surface area contributed by atoms with Crippen LogP contribution in [0, 0.1) is 6.92 Å². The van der Waals surface area contributed by atoms with E-state index in [-0.39, 0.29) is 6.10 Å². The molecule has 2 rings (SSSR count). The molecule has 2 N–H and O–H groups in total. The number of hydrogen-bond acceptors (Lipinski definition) is 5. The molecule has 3 atom stereocenters. The number of aromatic nitrogens is 1. The van der Waals surface area contributed by atoms with Gasteiger partial charge >= 0.3 is 0 Å². The summed E-state index contributed by atoms with van der Waals surface area (Å²) in [6.45, 7) is 5.75. The summed E-state index contributed by atoms with van der Waals surface area (Å²) in [5, 5.41) is 0. The lowest BCUT2D eigenvalue weighted by Gasteiger charge is -2.31. The average molecular weight is 269 g/mol. The second-order valence-electron chi connectivity index (χ2n) is 5.14. The molecule has 0 amide bonds. The molecule has 3 unspecified atom stereocenters. The molecular weight excluding hydrogens is 246 g/mol. The lowest BCUT2D eigenvalue weighted by atomic mass is 10.1. The molecule has 1 aliphatic heterocycles. The maximum Gasteiger partial charge on any atom is 0.0798 e. The molecule has 1 aliphatic rings. The highest BCUT2D eigenvalue weighted by atomic mass is 32.1. The number of aryl methyl sites for hydroxylation is 1. The first-order valence-corrected chi connectivity index (χ1v) is 7.44. The van der Waals surface area contributed by atoms with Crippen molar-refractivity contribution in [2.45, 2.75) is 51.5 Å². The topological polar surface area (TPSA) is 51.4 Å². The molecule has 1 fully saturated rings. The molecule has 0 bridgehead atoms. The van der Waals surface area contributed by atoms with Gasteiger partial charge in [-0.05, 0) is 33.7 Å². The van der Waals surface area contributed by atoms with Gasteiger partial charge < -0.3 is 10.5 Å². The van der Waals surface area contributed by atoms with Crippen LogP contribution in [0.2, 0.25) is 0 Å². The highest BCUT2D eigenvalue weighted by molar-refractivity contribution is 7.09. The molecule has 102 valence electrons. The lowest BCUT2D eigenvalue weighted by Crippen LogP contribution is -2.46. The van der Waals surface area contributed by atoms with Crippen LogP contribution in [0.5, 0.6) is 0 Å². The number of nitrogens with two attached hydrogens (primary N) is 1. The third kappa shape index (κ3) is 3.09. The Morgan fingerprint density at radius 1 is 1.61 bits per heavy atom. The molecule has 0 aromatic carbocycles. The fourth-order valence-electron chi connectivity index (χ4n) is 2.55. The zero-order valence-corrected chi connectivity index (χ0v) is 12.2. The van der Waals surface area contributed by atoms with Gasteiger partial charge in [0.05, 0.1) is 23.4 Å². The average Bonchev–Trinajstić information content (AvgIpc) is 2.91. The Morgan fingerprint density at radius 2 is 2.39 bits per heavy atom. The molecule has 0 saturated carbocycles. The van der Waals surface area contributed by atoms with E-state index >= 15 is 0 Å². The normalized spacial score (nSPS) is 25.8. The summed E-state index contributed by atoms with van der Waals surface area (Å²) >= 11 is 1.71. The van der Waals surface area contributed by atoms with E-state index in [1.165, 1.54) is 4.88 Å². The third-order valence-corrected chi connectivity index (χ3v) is 4.66. The van der Waals surface area contributed by atoms with Crippen molar-refractivity contribution in [2.75, 3.05) is 13.6 Å². The third-order valence-electron chi connectivity index (χ3n) is 3.74. The molecule has 0 aliphatic carbocycles. The Kier molecular flexibility index (Phi) is 4.72. The van der Waals surface area contributed by atoms with Crippen molar-refractivity contribution in [2.24, 2.45) is 5.73 Å². The summed E-state index contributed by atoms with van der Waals surface area (Å²) in [6, 6.07) is 0.302. The fourth-order valence-corrected chi connectivity index (χ4v) is 3.39. The van der Waals surface area contributed by atoms with E-state index in [9.17, 15) is 0 Å². The summed E-state index contributed by atoms with van der Waals surface area (Å²) in [7, 11) is 2.13. The minimum absolute atomic E-state index is 0.281. The second kappa shape index (κ2) is 6.10. The molecule has 18 heavy (non-hydrogen) atoms. The zero-order valence-electron chi connectivity index (χ0n) is 11.4. The van der Waals surface area contributed by atoms with Gasteiger partial charge in [0, 0.05) is 24.0 Å². The van der Waals surface area contributed by atoms with E-state index in [0.29, 0.717) is 18.7 Å². The maximum atomic E-state index is 5.95. The quantitative estimate of drug-likeness (QED) is 0.885. The van der Waals surface area contributed by atoms with Crippen LogP contribution < -0.4 is 5.73 Å². The van der Waals surface area contributed by atoms with Crippen LogP contribution in [0.15, 0.2) is 5.51 Å². The van der Waals surface area contributed by atoms with Crippen LogP contribution in [0.25, 0.3) is 0 Å². The highest BCUT2D eigenvalue weighted by Gasteiger charge is 2.31. The van der Waals surface area contributed by atoms with Gasteiger partial charge in [-0.2, -0.15) is 0 Å². The Bertz CT molecular complexity index is 382. The first-order chi connectivity index (χ1) is 8.61. The molecular formula is C13H23N3OS. The van der Waals surface area contributed by atoms with Gasteiger partial charge in [0.15, 0.2) is 0 Å². The minimum Gasteiger partial charge on any atom is -0.374 e. The number of hydrogen-bond donors (Lipinski definition) is 1. The van der Waals surface area contributed by atoms with Crippen LogP contribution >= 0.6 is 11.3 Å². The molecule has 1 aromatic heterocycles. The standard InChI is InChI=1S/C13H23N3OS/c1-9-4-5-12(17-9)11(6-14)16(3)7-13-10(2)15-8-18-13/h8-9,11-12H,4-7,14H2,1-3H3. The van der Waals surface area contributed by atoms with Crippen molar-refractivity contribution in [1.29, 1.82) is 0 Å². The van der Waals surface area contributed by atoms with Crippen molar-refractivity contribution in [3.05, 3.63) is 16.1 Å². The number of likely N-dealkylation sites (N-methyl/N-ethyl adjacent to an activating group) is 1. The van der Waals surface area contributed by atoms with Gasteiger partial charge in [0.2, 0.25) is 0 Å². The van der Waals surface area contributed by atoms with Gasteiger partial charge in [-0.3, -0.25) is 4.90 Å². The van der Waals surface area contributed by atoms with Gasteiger partial charge in [0.1, 0.15) is 0 Å². The second-order valence-corrected chi connectivity index (χ2v) is 6.08. The molecule has 4 nitrogen and oxygen atoms in total. The Hall–Kier alpha value is -0.490. The van der Waals surface area contributed by atoms with Crippen molar-refractivity contribution in [3.63, 3.8) is 0 Å². The van der Waals surface area contributed by atoms with E-state index in [2.05, 4.69) is 30.8 Å². The maximum absolute atomic E-state index is 5.95. The number of ether oxygens (including phenoxy) is 1. The van der Waals surface area contributed by atoms with E-state index in [1.54, 1.807) is 11.3 Å². The van der Waals surface area contributed by atoms with Crippen LogP contribution in [0.1, 0.15) is 30.3 Å². The zero-order chi connectivity index (χ0) is 13.1. The van der Waals surface area contributed by atoms with Crippen LogP contribution in [-0.4, -0.2) is 41.7 Å². The molecule has 1 aromatic rings. The number of thiazole rings is 1. The Morgan fingerprint density at radius 3 is 2.89 bits per heavy atom. The number of rotatable bonds is 5. The van der Waals surface area contributed by atoms with Gasteiger partial charge in [-0.15, -0.1) is 11.3 Å². The van der Waals surface area contributed by atoms with Gasteiger partial charge in [-0.1, -0.05) is 0 Å². The van der Waals surface area contributed by atoms with E-state index in [0.717, 1.165) is 25.1 Å². The van der Waals surface area contributed by atoms with Crippen molar-refractivity contribution >= 4 is 11.3 Å². The SMILES string of the molecule is Cc1ncsc1CN(C)C(CN)C1CCC(C)O1. The van der Waals surface area contributed by atoms with Gasteiger partial charge in [-0.25, -0.2) is 4.98 Å². The molecule has 1 saturated heterocycles. The van der Waals surface area contributed by atoms with E-state index in [1.807, 2.05) is 5.51 Å². The Balaban J connectivity index is 1.97. The largest absolute Gasteiger partial charge is 0.374 e. The lowest BCUT2D eigenvalue weighted by molar-refractivity contribution is 0.00101. The predicted molar refractivity (Wildman–Crippen MR) is 74.7 cm³/mol. The summed E-state index contributed by atoms with van der Waals surface area (Å²) < 4.78 is 5.95. The first kappa shape index (κ1) is 13.9. The van der Waals surface area contributed by atoms with Crippen molar-refractivity contribution in [1.82, 2.24) is 9.88 Å². The molecule has 0 spiro atoms. The van der Waals surface area contributed by atoms with E-state index < -0.39 is 0 Å². The number of nitrogens with zero attached hydrogens (tertiary/aromatic N) is 2. The molecule has 0 radical (unpaired) electrons. The predicted octanol–water partition coefficient (Wildman–Crippen LogP) is 1.78. The molecule has 5 heteroatoms. The van der Waals surface area contributed by atoms with Gasteiger partial charge in [0.25, 0.3) is 0 Å². The summed E-state index contributed by atoms with van der Waals surface area (Å²) in [4.78, 5) is 7.92. The van der Waals surface area contributed by atoms with Crippen molar-refractivity contribution in [3.8, 4) is 0 Å². The summed E-state index contributed by atoms with van der Waals surface area (Å²) in [5.41, 5.74) is 8.97. The Labute approximate surface area is 113 Å². The monoisotopic (exact) mass is 269 g/mol. The van der Waals surface area contributed by atoms with Crippen LogP contribution in [0.4, 0.5) is 0 Å².